The van der Waals surface area contributed by atoms with Crippen molar-refractivity contribution in [1.29, 1.82) is 0 Å². The Bertz CT molecular complexity index is 385. The van der Waals surface area contributed by atoms with E-state index >= 15 is 0 Å². The molecule has 0 amide bonds. The summed E-state index contributed by atoms with van der Waals surface area (Å²) in [5.74, 6) is 1.53. The first kappa shape index (κ1) is 11.5. The van der Waals surface area contributed by atoms with Crippen molar-refractivity contribution in [1.82, 2.24) is 0 Å². The molecule has 88 valence electrons. The molecule has 2 nitrogen and oxygen atoms in total. The van der Waals surface area contributed by atoms with Crippen LogP contribution in [0.4, 0.5) is 0 Å². The third-order valence-corrected chi connectivity index (χ3v) is 3.52. The first-order chi connectivity index (χ1) is 7.61. The van der Waals surface area contributed by atoms with Crippen molar-refractivity contribution in [3.05, 3.63) is 28.8 Å². The van der Waals surface area contributed by atoms with Crippen LogP contribution >= 0.6 is 0 Å². The SMILES string of the molecule is Cc1ccc(C)c2c1OCCCC2C(C)N. The normalized spacial score (nSPS) is 21.9. The van der Waals surface area contributed by atoms with Crippen molar-refractivity contribution in [2.24, 2.45) is 5.73 Å². The van der Waals surface area contributed by atoms with Crippen molar-refractivity contribution in [2.45, 2.75) is 45.6 Å². The van der Waals surface area contributed by atoms with Crippen LogP contribution in [0.5, 0.6) is 5.75 Å². The molecule has 1 aliphatic heterocycles. The molecule has 16 heavy (non-hydrogen) atoms. The molecule has 2 atom stereocenters. The summed E-state index contributed by atoms with van der Waals surface area (Å²) in [6, 6.07) is 4.51. The monoisotopic (exact) mass is 219 g/mol. The van der Waals surface area contributed by atoms with Crippen LogP contribution in [-0.2, 0) is 0 Å². The molecule has 2 heteroatoms. The molecule has 0 fully saturated rings. The van der Waals surface area contributed by atoms with Gasteiger partial charge in [-0.05, 0) is 44.7 Å². The molecule has 2 rings (SSSR count). The Morgan fingerprint density at radius 3 is 2.69 bits per heavy atom. The van der Waals surface area contributed by atoms with E-state index in [4.69, 9.17) is 10.5 Å². The molecular formula is C14H21NO. The van der Waals surface area contributed by atoms with Crippen LogP contribution in [0.1, 0.15) is 42.4 Å². The van der Waals surface area contributed by atoms with Crippen molar-refractivity contribution < 1.29 is 4.74 Å². The molecule has 0 saturated carbocycles. The summed E-state index contributed by atoms with van der Waals surface area (Å²) >= 11 is 0. The smallest absolute Gasteiger partial charge is 0.125 e. The number of benzene rings is 1. The van der Waals surface area contributed by atoms with E-state index in [1.54, 1.807) is 0 Å². The molecule has 0 aliphatic carbocycles. The lowest BCUT2D eigenvalue weighted by Crippen LogP contribution is -2.25. The molecule has 1 heterocycles. The lowest BCUT2D eigenvalue weighted by molar-refractivity contribution is 0.313. The summed E-state index contributed by atoms with van der Waals surface area (Å²) in [5.41, 5.74) is 9.99. The minimum Gasteiger partial charge on any atom is -0.493 e. The number of hydrogen-bond donors (Lipinski definition) is 1. The van der Waals surface area contributed by atoms with Gasteiger partial charge in [-0.2, -0.15) is 0 Å². The highest BCUT2D eigenvalue weighted by Crippen LogP contribution is 2.38. The second-order valence-electron chi connectivity index (χ2n) is 4.90. The number of nitrogens with two attached hydrogens (primary N) is 1. The number of aryl methyl sites for hydroxylation is 2. The maximum Gasteiger partial charge on any atom is 0.125 e. The molecule has 0 saturated heterocycles. The Kier molecular flexibility index (Phi) is 3.20. The van der Waals surface area contributed by atoms with Crippen molar-refractivity contribution in [2.75, 3.05) is 6.61 Å². The van der Waals surface area contributed by atoms with Gasteiger partial charge in [0.05, 0.1) is 6.61 Å². The van der Waals surface area contributed by atoms with Gasteiger partial charge in [0, 0.05) is 17.5 Å². The van der Waals surface area contributed by atoms with E-state index in [9.17, 15) is 0 Å². The Labute approximate surface area is 97.8 Å². The Morgan fingerprint density at radius 2 is 2.00 bits per heavy atom. The van der Waals surface area contributed by atoms with E-state index in [0.717, 1.165) is 25.2 Å². The standard InChI is InChI=1S/C14H21NO/c1-9-6-7-10(2)14-13(9)12(11(3)15)5-4-8-16-14/h6-7,11-12H,4-5,8,15H2,1-3H3. The van der Waals surface area contributed by atoms with Gasteiger partial charge in [0.1, 0.15) is 5.75 Å². The molecule has 2 N–H and O–H groups in total. The zero-order valence-electron chi connectivity index (χ0n) is 10.4. The van der Waals surface area contributed by atoms with Gasteiger partial charge < -0.3 is 10.5 Å². The number of rotatable bonds is 1. The van der Waals surface area contributed by atoms with E-state index in [2.05, 4.69) is 32.9 Å². The lowest BCUT2D eigenvalue weighted by atomic mass is 9.85. The molecule has 0 spiro atoms. The van der Waals surface area contributed by atoms with Gasteiger partial charge in [-0.3, -0.25) is 0 Å². The summed E-state index contributed by atoms with van der Waals surface area (Å²) < 4.78 is 5.88. The predicted molar refractivity (Wildman–Crippen MR) is 67.0 cm³/mol. The Balaban J connectivity index is 2.55. The van der Waals surface area contributed by atoms with E-state index in [0.29, 0.717) is 5.92 Å². The molecule has 2 unspecified atom stereocenters. The summed E-state index contributed by atoms with van der Waals surface area (Å²) in [7, 11) is 0. The molecule has 1 aliphatic rings. The summed E-state index contributed by atoms with van der Waals surface area (Å²) in [4.78, 5) is 0. The van der Waals surface area contributed by atoms with Crippen LogP contribution in [0.2, 0.25) is 0 Å². The summed E-state index contributed by atoms with van der Waals surface area (Å²) in [6.45, 7) is 7.19. The minimum absolute atomic E-state index is 0.195. The highest BCUT2D eigenvalue weighted by Gasteiger charge is 2.25. The average molecular weight is 219 g/mol. The average Bonchev–Trinajstić information content (AvgIpc) is 2.46. The second-order valence-corrected chi connectivity index (χ2v) is 4.90. The highest BCUT2D eigenvalue weighted by molar-refractivity contribution is 5.48. The zero-order valence-corrected chi connectivity index (χ0v) is 10.4. The summed E-state index contributed by atoms with van der Waals surface area (Å²) in [5, 5.41) is 0. The van der Waals surface area contributed by atoms with Crippen LogP contribution in [0, 0.1) is 13.8 Å². The van der Waals surface area contributed by atoms with Crippen LogP contribution in [0.25, 0.3) is 0 Å². The fourth-order valence-electron chi connectivity index (χ4n) is 2.61. The van der Waals surface area contributed by atoms with E-state index in [1.165, 1.54) is 16.7 Å². The minimum atomic E-state index is 0.195. The molecule has 1 aromatic carbocycles. The van der Waals surface area contributed by atoms with Gasteiger partial charge in [-0.15, -0.1) is 0 Å². The van der Waals surface area contributed by atoms with Crippen LogP contribution in [0.15, 0.2) is 12.1 Å². The van der Waals surface area contributed by atoms with Gasteiger partial charge in [0.15, 0.2) is 0 Å². The largest absolute Gasteiger partial charge is 0.493 e. The number of ether oxygens (including phenoxy) is 1. The van der Waals surface area contributed by atoms with E-state index in [1.807, 2.05) is 0 Å². The van der Waals surface area contributed by atoms with Gasteiger partial charge >= 0.3 is 0 Å². The van der Waals surface area contributed by atoms with Crippen LogP contribution in [0.3, 0.4) is 0 Å². The van der Waals surface area contributed by atoms with Gasteiger partial charge in [0.2, 0.25) is 0 Å². The summed E-state index contributed by atoms with van der Waals surface area (Å²) in [6.07, 6.45) is 2.23. The lowest BCUT2D eigenvalue weighted by Gasteiger charge is -2.23. The Hall–Kier alpha value is -1.02. The first-order valence-corrected chi connectivity index (χ1v) is 6.09. The maximum atomic E-state index is 6.11. The van der Waals surface area contributed by atoms with E-state index < -0.39 is 0 Å². The topological polar surface area (TPSA) is 35.2 Å². The quantitative estimate of drug-likeness (QED) is 0.788. The molecule has 0 aromatic heterocycles. The molecular weight excluding hydrogens is 198 g/mol. The number of hydrogen-bond acceptors (Lipinski definition) is 2. The Morgan fingerprint density at radius 1 is 1.31 bits per heavy atom. The van der Waals surface area contributed by atoms with Gasteiger partial charge in [-0.1, -0.05) is 12.1 Å². The van der Waals surface area contributed by atoms with Crippen LogP contribution in [-0.4, -0.2) is 12.6 Å². The number of fused-ring (bicyclic) bond motifs is 1. The highest BCUT2D eigenvalue weighted by atomic mass is 16.5. The third kappa shape index (κ3) is 1.94. The zero-order chi connectivity index (χ0) is 11.7. The van der Waals surface area contributed by atoms with Gasteiger partial charge in [0.25, 0.3) is 0 Å². The fourth-order valence-corrected chi connectivity index (χ4v) is 2.61. The van der Waals surface area contributed by atoms with Crippen LogP contribution < -0.4 is 10.5 Å². The second kappa shape index (κ2) is 4.46. The predicted octanol–water partition coefficient (Wildman–Crippen LogP) is 2.91. The van der Waals surface area contributed by atoms with Gasteiger partial charge in [-0.25, -0.2) is 0 Å². The maximum absolute atomic E-state index is 6.11. The molecule has 0 radical (unpaired) electrons. The fraction of sp³-hybridized carbons (Fsp3) is 0.571. The van der Waals surface area contributed by atoms with Crippen molar-refractivity contribution in [3.63, 3.8) is 0 Å². The first-order valence-electron chi connectivity index (χ1n) is 6.09. The molecule has 0 bridgehead atoms. The molecule has 1 aromatic rings. The van der Waals surface area contributed by atoms with Crippen molar-refractivity contribution >= 4 is 0 Å². The third-order valence-electron chi connectivity index (χ3n) is 3.52. The van der Waals surface area contributed by atoms with E-state index in [-0.39, 0.29) is 6.04 Å². The van der Waals surface area contributed by atoms with Crippen molar-refractivity contribution in [3.8, 4) is 5.75 Å².